The maximum Gasteiger partial charge on any atom is 0.410 e. The van der Waals surface area contributed by atoms with E-state index < -0.39 is 5.60 Å². The summed E-state index contributed by atoms with van der Waals surface area (Å²) in [6, 6.07) is -0.0752. The highest BCUT2D eigenvalue weighted by Gasteiger charge is 2.33. The van der Waals surface area contributed by atoms with Crippen LogP contribution in [0, 0.1) is 5.92 Å². The van der Waals surface area contributed by atoms with Gasteiger partial charge in [0.2, 0.25) is 0 Å². The lowest BCUT2D eigenvalue weighted by Crippen LogP contribution is -2.50. The summed E-state index contributed by atoms with van der Waals surface area (Å²) in [5, 5.41) is 0. The van der Waals surface area contributed by atoms with E-state index in [0.717, 1.165) is 6.29 Å². The Balaban J connectivity index is 2.67. The summed E-state index contributed by atoms with van der Waals surface area (Å²) in [5.74, 6) is 0.0174. The van der Waals surface area contributed by atoms with Crippen molar-refractivity contribution in [1.82, 2.24) is 4.90 Å². The van der Waals surface area contributed by atoms with Gasteiger partial charge in [0, 0.05) is 19.6 Å². The lowest BCUT2D eigenvalue weighted by molar-refractivity contribution is -0.113. The SMILES string of the molecule is COCC1CC(C=O)CCN1C(=O)OC(C)(C)C. The van der Waals surface area contributed by atoms with Gasteiger partial charge in [0.1, 0.15) is 11.9 Å². The number of ether oxygens (including phenoxy) is 2. The van der Waals surface area contributed by atoms with Crippen molar-refractivity contribution in [3.05, 3.63) is 0 Å². The van der Waals surface area contributed by atoms with Gasteiger partial charge in [-0.1, -0.05) is 0 Å². The fraction of sp³-hybridized carbons (Fsp3) is 0.846. The minimum Gasteiger partial charge on any atom is -0.444 e. The number of hydrogen-bond donors (Lipinski definition) is 0. The van der Waals surface area contributed by atoms with Gasteiger partial charge in [-0.3, -0.25) is 0 Å². The molecule has 0 radical (unpaired) electrons. The van der Waals surface area contributed by atoms with Crippen LogP contribution < -0.4 is 0 Å². The molecule has 0 aromatic heterocycles. The van der Waals surface area contributed by atoms with Crippen molar-refractivity contribution < 1.29 is 19.1 Å². The lowest BCUT2D eigenvalue weighted by atomic mass is 9.92. The average molecular weight is 257 g/mol. The van der Waals surface area contributed by atoms with Crippen LogP contribution in [0.15, 0.2) is 0 Å². The minimum atomic E-state index is -0.504. The fourth-order valence-electron chi connectivity index (χ4n) is 2.12. The first-order valence-corrected chi connectivity index (χ1v) is 6.31. The van der Waals surface area contributed by atoms with Crippen LogP contribution in [0.3, 0.4) is 0 Å². The number of carbonyl (C=O) groups excluding carboxylic acids is 2. The van der Waals surface area contributed by atoms with Crippen molar-refractivity contribution in [3.8, 4) is 0 Å². The van der Waals surface area contributed by atoms with Crippen molar-refractivity contribution in [2.75, 3.05) is 20.3 Å². The van der Waals surface area contributed by atoms with E-state index in [-0.39, 0.29) is 18.1 Å². The Morgan fingerprint density at radius 3 is 2.61 bits per heavy atom. The van der Waals surface area contributed by atoms with Gasteiger partial charge in [-0.05, 0) is 33.6 Å². The number of methoxy groups -OCH3 is 1. The first kappa shape index (κ1) is 15.0. The van der Waals surface area contributed by atoms with Crippen LogP contribution in [0.2, 0.25) is 0 Å². The average Bonchev–Trinajstić information content (AvgIpc) is 2.27. The highest BCUT2D eigenvalue weighted by molar-refractivity contribution is 5.69. The first-order valence-electron chi connectivity index (χ1n) is 6.31. The number of amides is 1. The zero-order valence-corrected chi connectivity index (χ0v) is 11.6. The molecule has 0 saturated carbocycles. The van der Waals surface area contributed by atoms with Crippen molar-refractivity contribution in [2.45, 2.75) is 45.3 Å². The third kappa shape index (κ3) is 4.29. The van der Waals surface area contributed by atoms with Crippen molar-refractivity contribution >= 4 is 12.4 Å². The predicted octanol–water partition coefficient (Wildman–Crippen LogP) is 1.85. The minimum absolute atomic E-state index is 0.0174. The fourth-order valence-corrected chi connectivity index (χ4v) is 2.12. The molecule has 0 N–H and O–H groups in total. The summed E-state index contributed by atoms with van der Waals surface area (Å²) in [6.45, 7) is 6.51. The quantitative estimate of drug-likeness (QED) is 0.724. The molecule has 1 aliphatic heterocycles. The molecule has 0 aromatic rings. The molecule has 2 unspecified atom stereocenters. The molecule has 1 saturated heterocycles. The van der Waals surface area contributed by atoms with Crippen LogP contribution in [-0.4, -0.2) is 49.2 Å². The third-order valence-corrected chi connectivity index (χ3v) is 2.94. The highest BCUT2D eigenvalue weighted by Crippen LogP contribution is 2.23. The number of piperidine rings is 1. The topological polar surface area (TPSA) is 55.8 Å². The molecule has 104 valence electrons. The van der Waals surface area contributed by atoms with Gasteiger partial charge in [-0.2, -0.15) is 0 Å². The van der Waals surface area contributed by atoms with Crippen LogP contribution in [0.4, 0.5) is 4.79 Å². The Morgan fingerprint density at radius 2 is 2.11 bits per heavy atom. The van der Waals surface area contributed by atoms with E-state index in [9.17, 15) is 9.59 Å². The lowest BCUT2D eigenvalue weighted by Gasteiger charge is -2.38. The van der Waals surface area contributed by atoms with E-state index in [1.54, 1.807) is 12.0 Å². The number of likely N-dealkylation sites (tertiary alicyclic amines) is 1. The van der Waals surface area contributed by atoms with Crippen molar-refractivity contribution in [3.63, 3.8) is 0 Å². The Hall–Kier alpha value is -1.10. The monoisotopic (exact) mass is 257 g/mol. The van der Waals surface area contributed by atoms with E-state index in [2.05, 4.69) is 0 Å². The maximum atomic E-state index is 12.1. The highest BCUT2D eigenvalue weighted by atomic mass is 16.6. The van der Waals surface area contributed by atoms with Crippen LogP contribution in [0.5, 0.6) is 0 Å². The second kappa shape index (κ2) is 6.18. The predicted molar refractivity (Wildman–Crippen MR) is 67.4 cm³/mol. The van der Waals surface area contributed by atoms with Gasteiger partial charge in [-0.15, -0.1) is 0 Å². The van der Waals surface area contributed by atoms with Gasteiger partial charge < -0.3 is 19.2 Å². The molecule has 1 rings (SSSR count). The first-order chi connectivity index (χ1) is 8.37. The standard InChI is InChI=1S/C13H23NO4/c1-13(2,3)18-12(16)14-6-5-10(8-15)7-11(14)9-17-4/h8,10-11H,5-7,9H2,1-4H3. The molecule has 18 heavy (non-hydrogen) atoms. The second-order valence-electron chi connectivity index (χ2n) is 5.70. The number of hydrogen-bond acceptors (Lipinski definition) is 4. The van der Waals surface area contributed by atoms with Crippen LogP contribution in [0.25, 0.3) is 0 Å². The molecule has 0 spiro atoms. The molecule has 0 aromatic carbocycles. The zero-order chi connectivity index (χ0) is 13.8. The normalized spacial score (nSPS) is 24.8. The van der Waals surface area contributed by atoms with Gasteiger partial charge in [0.05, 0.1) is 12.6 Å². The smallest absolute Gasteiger partial charge is 0.410 e. The van der Waals surface area contributed by atoms with Gasteiger partial charge in [0.25, 0.3) is 0 Å². The van der Waals surface area contributed by atoms with E-state index in [4.69, 9.17) is 9.47 Å². The third-order valence-electron chi connectivity index (χ3n) is 2.94. The summed E-state index contributed by atoms with van der Waals surface area (Å²) in [7, 11) is 1.60. The van der Waals surface area contributed by atoms with Gasteiger partial charge in [0.15, 0.2) is 0 Å². The van der Waals surface area contributed by atoms with E-state index in [1.165, 1.54) is 0 Å². The summed E-state index contributed by atoms with van der Waals surface area (Å²) in [4.78, 5) is 24.6. The molecule has 1 amide bonds. The molecule has 1 fully saturated rings. The molecule has 2 atom stereocenters. The largest absolute Gasteiger partial charge is 0.444 e. The van der Waals surface area contributed by atoms with E-state index in [0.29, 0.717) is 26.0 Å². The number of aldehydes is 1. The van der Waals surface area contributed by atoms with Crippen LogP contribution >= 0.6 is 0 Å². The van der Waals surface area contributed by atoms with Gasteiger partial charge >= 0.3 is 6.09 Å². The van der Waals surface area contributed by atoms with Crippen LogP contribution in [-0.2, 0) is 14.3 Å². The van der Waals surface area contributed by atoms with Crippen molar-refractivity contribution in [2.24, 2.45) is 5.92 Å². The molecule has 0 bridgehead atoms. The molecule has 0 aliphatic carbocycles. The molecule has 5 nitrogen and oxygen atoms in total. The zero-order valence-electron chi connectivity index (χ0n) is 11.6. The Morgan fingerprint density at radius 1 is 1.44 bits per heavy atom. The molecule has 5 heteroatoms. The molecular formula is C13H23NO4. The van der Waals surface area contributed by atoms with Gasteiger partial charge in [-0.25, -0.2) is 4.79 Å². The summed E-state index contributed by atoms with van der Waals surface area (Å²) in [6.07, 6.45) is 1.99. The van der Waals surface area contributed by atoms with E-state index >= 15 is 0 Å². The molecular weight excluding hydrogens is 234 g/mol. The number of carbonyl (C=O) groups is 2. The molecule has 1 aliphatic rings. The number of nitrogens with zero attached hydrogens (tertiary/aromatic N) is 1. The maximum absolute atomic E-state index is 12.1. The summed E-state index contributed by atoms with van der Waals surface area (Å²) >= 11 is 0. The Kier molecular flexibility index (Phi) is 5.14. The Labute approximate surface area is 108 Å². The van der Waals surface area contributed by atoms with Crippen molar-refractivity contribution in [1.29, 1.82) is 0 Å². The Bertz CT molecular complexity index is 298. The summed E-state index contributed by atoms with van der Waals surface area (Å²) in [5.41, 5.74) is -0.504. The molecule has 1 heterocycles. The van der Waals surface area contributed by atoms with Crippen LogP contribution in [0.1, 0.15) is 33.6 Å². The summed E-state index contributed by atoms with van der Waals surface area (Å²) < 4.78 is 10.5. The number of rotatable bonds is 3. The second-order valence-corrected chi connectivity index (χ2v) is 5.70. The van der Waals surface area contributed by atoms with E-state index in [1.807, 2.05) is 20.8 Å².